The van der Waals surface area contributed by atoms with E-state index in [1.54, 1.807) is 6.08 Å². The molecule has 9 rings (SSSR count). The van der Waals surface area contributed by atoms with Crippen molar-refractivity contribution in [2.24, 2.45) is 0 Å². The minimum Gasteiger partial charge on any atom is -0.278 e. The van der Waals surface area contributed by atoms with E-state index in [-0.39, 0.29) is 0 Å². The fraction of sp³-hybridized carbons (Fsp3) is 0.0426. The zero-order valence-electron chi connectivity index (χ0n) is 28.2. The Hall–Kier alpha value is -6.65. The van der Waals surface area contributed by atoms with E-state index in [4.69, 9.17) is 15.0 Å². The third kappa shape index (κ3) is 4.72. The van der Waals surface area contributed by atoms with Crippen LogP contribution in [-0.2, 0) is 5.41 Å². The van der Waals surface area contributed by atoms with Crippen molar-refractivity contribution in [3.63, 3.8) is 0 Å². The van der Waals surface area contributed by atoms with E-state index in [2.05, 4.69) is 132 Å². The molecular weight excluding hydrogens is 621 g/mol. The largest absolute Gasteiger partial charge is 0.278 e. The summed E-state index contributed by atoms with van der Waals surface area (Å²) in [4.78, 5) is 15.3. The summed E-state index contributed by atoms with van der Waals surface area (Å²) in [6.45, 7) is 6.10. The van der Waals surface area contributed by atoms with E-state index in [9.17, 15) is 0 Å². The topological polar surface area (TPSA) is 43.6 Å². The maximum Gasteiger partial charge on any atom is 0.238 e. The van der Waals surface area contributed by atoms with E-state index in [1.165, 1.54) is 33.4 Å². The minimum absolute atomic E-state index is 0.533. The molecule has 0 atom stereocenters. The SMILES string of the molecule is C=C/C(=C\C=C/C)c1nc(-c2ccccc2)nc(-n2c3ccccc3c3cc4c(cc32)C(c2ccccc2)(c2ccccc2)c2ccccc2-4)n1. The van der Waals surface area contributed by atoms with Gasteiger partial charge in [0.2, 0.25) is 5.95 Å². The first-order valence-electron chi connectivity index (χ1n) is 17.3. The van der Waals surface area contributed by atoms with Crippen molar-refractivity contribution in [3.8, 4) is 28.5 Å². The van der Waals surface area contributed by atoms with Crippen LogP contribution < -0.4 is 0 Å². The maximum atomic E-state index is 5.19. The molecule has 4 heteroatoms. The number of hydrogen-bond donors (Lipinski definition) is 0. The molecule has 4 nitrogen and oxygen atoms in total. The molecule has 0 aliphatic heterocycles. The third-order valence-electron chi connectivity index (χ3n) is 10.1. The second-order valence-corrected chi connectivity index (χ2v) is 12.8. The van der Waals surface area contributed by atoms with Gasteiger partial charge in [0.15, 0.2) is 11.6 Å². The van der Waals surface area contributed by atoms with Gasteiger partial charge in [0.25, 0.3) is 0 Å². The second-order valence-electron chi connectivity index (χ2n) is 12.8. The lowest BCUT2D eigenvalue weighted by Crippen LogP contribution is -2.28. The molecule has 2 aromatic heterocycles. The number of fused-ring (bicyclic) bond motifs is 6. The highest BCUT2D eigenvalue weighted by Gasteiger charge is 2.46. The fourth-order valence-corrected chi connectivity index (χ4v) is 7.86. The van der Waals surface area contributed by atoms with Crippen LogP contribution in [0, 0.1) is 0 Å². The predicted molar refractivity (Wildman–Crippen MR) is 210 cm³/mol. The molecule has 1 aliphatic rings. The Balaban J connectivity index is 1.41. The van der Waals surface area contributed by atoms with Crippen molar-refractivity contribution in [2.45, 2.75) is 12.3 Å². The average molecular weight is 655 g/mol. The monoisotopic (exact) mass is 654 g/mol. The molecule has 2 heterocycles. The first-order valence-corrected chi connectivity index (χ1v) is 17.3. The highest BCUT2D eigenvalue weighted by atomic mass is 15.2. The quantitative estimate of drug-likeness (QED) is 0.161. The smallest absolute Gasteiger partial charge is 0.238 e. The number of rotatable bonds is 7. The standard InChI is InChI=1S/C47H34N4/c1-3-5-19-32(4-2)44-48-45(33-20-9-6-10-21-33)50-46(49-44)51-42-29-18-16-27-37(42)39-30-38-36-26-15-17-28-40(36)47(41(38)31-43(39)51,34-22-11-7-12-23-34)35-24-13-8-14-25-35/h3-31H,2H2,1H3/b5-3-,32-19+. The Morgan fingerprint density at radius 3 is 1.96 bits per heavy atom. The predicted octanol–water partition coefficient (Wildman–Crippen LogP) is 11.1. The van der Waals surface area contributed by atoms with Crippen molar-refractivity contribution in [2.75, 3.05) is 0 Å². The van der Waals surface area contributed by atoms with Crippen LogP contribution in [0.4, 0.5) is 0 Å². The molecule has 0 N–H and O–H groups in total. The van der Waals surface area contributed by atoms with Crippen LogP contribution in [0.3, 0.4) is 0 Å². The molecule has 0 bridgehead atoms. The molecule has 0 saturated heterocycles. The highest BCUT2D eigenvalue weighted by Crippen LogP contribution is 2.57. The van der Waals surface area contributed by atoms with Gasteiger partial charge >= 0.3 is 0 Å². The van der Waals surface area contributed by atoms with Crippen LogP contribution in [0.2, 0.25) is 0 Å². The zero-order chi connectivity index (χ0) is 34.4. The van der Waals surface area contributed by atoms with Crippen molar-refractivity contribution >= 4 is 27.4 Å². The first kappa shape index (κ1) is 30.4. The minimum atomic E-state index is -0.533. The van der Waals surface area contributed by atoms with Crippen molar-refractivity contribution in [1.29, 1.82) is 0 Å². The lowest BCUT2D eigenvalue weighted by molar-refractivity contribution is 0.769. The summed E-state index contributed by atoms with van der Waals surface area (Å²) < 4.78 is 2.21. The molecule has 0 radical (unpaired) electrons. The van der Waals surface area contributed by atoms with Gasteiger partial charge in [-0.1, -0.05) is 164 Å². The molecule has 8 aromatic rings. The number of allylic oxidation sites excluding steroid dienone is 5. The summed E-state index contributed by atoms with van der Waals surface area (Å²) >= 11 is 0. The normalized spacial score (nSPS) is 13.5. The summed E-state index contributed by atoms with van der Waals surface area (Å²) in [5.41, 5.74) is 10.7. The Bertz CT molecular complexity index is 2610. The van der Waals surface area contributed by atoms with Crippen LogP contribution in [0.15, 0.2) is 183 Å². The Kier molecular flexibility index (Phi) is 7.36. The van der Waals surface area contributed by atoms with Gasteiger partial charge in [-0.15, -0.1) is 0 Å². The number of hydrogen-bond acceptors (Lipinski definition) is 3. The van der Waals surface area contributed by atoms with Gasteiger partial charge in [0, 0.05) is 21.9 Å². The summed E-state index contributed by atoms with van der Waals surface area (Å²) in [5.74, 6) is 1.72. The van der Waals surface area contributed by atoms with Gasteiger partial charge in [-0.25, -0.2) is 4.98 Å². The third-order valence-corrected chi connectivity index (χ3v) is 10.1. The molecule has 0 unspecified atom stereocenters. The second kappa shape index (κ2) is 12.3. The zero-order valence-corrected chi connectivity index (χ0v) is 28.2. The fourth-order valence-electron chi connectivity index (χ4n) is 7.86. The molecule has 0 fully saturated rings. The van der Waals surface area contributed by atoms with E-state index < -0.39 is 5.41 Å². The van der Waals surface area contributed by atoms with Gasteiger partial charge in [-0.2, -0.15) is 9.97 Å². The van der Waals surface area contributed by atoms with Crippen LogP contribution in [-0.4, -0.2) is 19.5 Å². The Morgan fingerprint density at radius 2 is 1.25 bits per heavy atom. The number of para-hydroxylation sites is 1. The maximum absolute atomic E-state index is 5.19. The highest BCUT2D eigenvalue weighted by molar-refractivity contribution is 6.11. The van der Waals surface area contributed by atoms with Gasteiger partial charge < -0.3 is 0 Å². The molecule has 242 valence electrons. The molecule has 51 heavy (non-hydrogen) atoms. The summed E-state index contributed by atoms with van der Waals surface area (Å²) in [6.07, 6.45) is 7.76. The molecule has 1 aliphatic carbocycles. The lowest BCUT2D eigenvalue weighted by atomic mass is 9.67. The Morgan fingerprint density at radius 1 is 0.608 bits per heavy atom. The van der Waals surface area contributed by atoms with Gasteiger partial charge in [0.05, 0.1) is 16.4 Å². The van der Waals surface area contributed by atoms with E-state index >= 15 is 0 Å². The molecule has 0 amide bonds. The molecule has 0 spiro atoms. The number of benzene rings is 6. The van der Waals surface area contributed by atoms with Crippen LogP contribution in [0.25, 0.3) is 55.8 Å². The van der Waals surface area contributed by atoms with E-state index in [1.807, 2.05) is 55.5 Å². The van der Waals surface area contributed by atoms with Gasteiger partial charge in [-0.3, -0.25) is 4.57 Å². The Labute approximate surface area is 297 Å². The molecular formula is C47H34N4. The van der Waals surface area contributed by atoms with Crippen LogP contribution in [0.1, 0.15) is 35.0 Å². The summed E-state index contributed by atoms with van der Waals surface area (Å²) in [7, 11) is 0. The summed E-state index contributed by atoms with van der Waals surface area (Å²) in [5, 5.41) is 2.29. The van der Waals surface area contributed by atoms with Crippen LogP contribution >= 0.6 is 0 Å². The van der Waals surface area contributed by atoms with Crippen molar-refractivity contribution in [1.82, 2.24) is 19.5 Å². The first-order chi connectivity index (χ1) is 25.2. The van der Waals surface area contributed by atoms with Crippen LogP contribution in [0.5, 0.6) is 0 Å². The van der Waals surface area contributed by atoms with E-state index in [0.717, 1.165) is 32.9 Å². The molecule has 0 saturated carbocycles. The average Bonchev–Trinajstić information content (AvgIpc) is 3.68. The van der Waals surface area contributed by atoms with Gasteiger partial charge in [0.1, 0.15) is 0 Å². The van der Waals surface area contributed by atoms with Crippen molar-refractivity contribution in [3.05, 3.63) is 211 Å². The van der Waals surface area contributed by atoms with Crippen molar-refractivity contribution < 1.29 is 0 Å². The van der Waals surface area contributed by atoms with E-state index in [0.29, 0.717) is 17.6 Å². The lowest BCUT2D eigenvalue weighted by Gasteiger charge is -2.34. The molecule has 6 aromatic carbocycles. The number of nitrogens with zero attached hydrogens (tertiary/aromatic N) is 4. The number of aromatic nitrogens is 4. The summed E-state index contributed by atoms with van der Waals surface area (Å²) in [6, 6.07) is 54.1. The van der Waals surface area contributed by atoms with Gasteiger partial charge in [-0.05, 0) is 58.5 Å².